The minimum absolute atomic E-state index is 0.206. The molecular formula is C15H18ClN3O2S2. The molecule has 1 aliphatic heterocycles. The summed E-state index contributed by atoms with van der Waals surface area (Å²) in [4.78, 5) is 6.77. The number of halogens is 1. The molecule has 0 bridgehead atoms. The van der Waals surface area contributed by atoms with E-state index in [1.165, 1.54) is 6.07 Å². The van der Waals surface area contributed by atoms with Crippen LogP contribution in [0.4, 0.5) is 5.13 Å². The highest BCUT2D eigenvalue weighted by Crippen LogP contribution is 2.25. The summed E-state index contributed by atoms with van der Waals surface area (Å²) in [5.74, 6) is 0.279. The van der Waals surface area contributed by atoms with Gasteiger partial charge in [0, 0.05) is 36.2 Å². The van der Waals surface area contributed by atoms with Gasteiger partial charge in [0.2, 0.25) is 10.0 Å². The Morgan fingerprint density at radius 3 is 3.04 bits per heavy atom. The van der Waals surface area contributed by atoms with Crippen molar-refractivity contribution in [2.75, 3.05) is 24.5 Å². The minimum atomic E-state index is -3.52. The zero-order chi connectivity index (χ0) is 16.3. The number of benzene rings is 1. The summed E-state index contributed by atoms with van der Waals surface area (Å²) in [6.45, 7) is 2.23. The van der Waals surface area contributed by atoms with Crippen LogP contribution in [-0.2, 0) is 10.0 Å². The lowest BCUT2D eigenvalue weighted by atomic mass is 9.99. The smallest absolute Gasteiger partial charge is 0.240 e. The highest BCUT2D eigenvalue weighted by Gasteiger charge is 2.23. The molecule has 0 saturated carbocycles. The van der Waals surface area contributed by atoms with Crippen molar-refractivity contribution in [3.8, 4) is 0 Å². The predicted octanol–water partition coefficient (Wildman–Crippen LogP) is 2.99. The van der Waals surface area contributed by atoms with E-state index in [0.29, 0.717) is 11.6 Å². The predicted molar refractivity (Wildman–Crippen MR) is 93.7 cm³/mol. The number of hydrogen-bond acceptors (Lipinski definition) is 5. The molecule has 2 aromatic rings. The van der Waals surface area contributed by atoms with Gasteiger partial charge in [-0.15, -0.1) is 11.3 Å². The molecule has 0 spiro atoms. The van der Waals surface area contributed by atoms with Crippen molar-refractivity contribution in [1.29, 1.82) is 0 Å². The molecule has 0 amide bonds. The summed E-state index contributed by atoms with van der Waals surface area (Å²) >= 11 is 7.49. The van der Waals surface area contributed by atoms with Crippen molar-refractivity contribution in [2.45, 2.75) is 17.7 Å². The van der Waals surface area contributed by atoms with E-state index >= 15 is 0 Å². The number of rotatable bonds is 5. The van der Waals surface area contributed by atoms with Crippen LogP contribution in [0.25, 0.3) is 0 Å². The second-order valence-electron chi connectivity index (χ2n) is 5.58. The van der Waals surface area contributed by atoms with Crippen LogP contribution in [0.3, 0.4) is 0 Å². The Labute approximate surface area is 145 Å². The van der Waals surface area contributed by atoms with Crippen molar-refractivity contribution < 1.29 is 8.42 Å². The van der Waals surface area contributed by atoms with Gasteiger partial charge in [-0.1, -0.05) is 17.7 Å². The Hall–Kier alpha value is -1.15. The number of hydrogen-bond donors (Lipinski definition) is 1. The first-order valence-corrected chi connectivity index (χ1v) is 10.2. The maximum Gasteiger partial charge on any atom is 0.240 e. The summed E-state index contributed by atoms with van der Waals surface area (Å²) in [5, 5.41) is 3.38. The van der Waals surface area contributed by atoms with Gasteiger partial charge in [-0.05, 0) is 37.0 Å². The monoisotopic (exact) mass is 371 g/mol. The van der Waals surface area contributed by atoms with Gasteiger partial charge in [-0.25, -0.2) is 18.1 Å². The molecule has 1 atom stereocenters. The van der Waals surface area contributed by atoms with Crippen LogP contribution in [0, 0.1) is 5.92 Å². The number of sulfonamides is 1. The van der Waals surface area contributed by atoms with Gasteiger partial charge in [0.25, 0.3) is 0 Å². The van der Waals surface area contributed by atoms with Crippen LogP contribution < -0.4 is 9.62 Å². The standard InChI is InChI=1S/C15H18ClN3O2S2/c16-13-4-1-5-14(9-13)23(20,21)18-10-12-3-2-7-19(11-12)15-17-6-8-22-15/h1,4-6,8-9,12,18H,2-3,7,10-11H2. The largest absolute Gasteiger partial charge is 0.348 e. The summed E-state index contributed by atoms with van der Waals surface area (Å²) < 4.78 is 27.4. The second-order valence-corrected chi connectivity index (χ2v) is 8.65. The first-order chi connectivity index (χ1) is 11.0. The average molecular weight is 372 g/mol. The quantitative estimate of drug-likeness (QED) is 0.877. The van der Waals surface area contributed by atoms with Crippen LogP contribution in [0.15, 0.2) is 40.7 Å². The first kappa shape index (κ1) is 16.7. The fraction of sp³-hybridized carbons (Fsp3) is 0.400. The molecule has 1 aromatic carbocycles. The van der Waals surface area contributed by atoms with Crippen LogP contribution in [0.2, 0.25) is 5.02 Å². The molecule has 23 heavy (non-hydrogen) atoms. The summed E-state index contributed by atoms with van der Waals surface area (Å²) in [6.07, 6.45) is 3.86. The van der Waals surface area contributed by atoms with Gasteiger partial charge in [0.1, 0.15) is 0 Å². The summed E-state index contributed by atoms with van der Waals surface area (Å²) in [6, 6.07) is 6.32. The van der Waals surface area contributed by atoms with Crippen molar-refractivity contribution in [2.24, 2.45) is 5.92 Å². The Balaban J connectivity index is 1.61. The molecule has 0 aliphatic carbocycles. The van der Waals surface area contributed by atoms with Crippen molar-refractivity contribution >= 4 is 38.1 Å². The fourth-order valence-electron chi connectivity index (χ4n) is 2.72. The number of piperidine rings is 1. The Morgan fingerprint density at radius 1 is 1.43 bits per heavy atom. The van der Waals surface area contributed by atoms with E-state index in [-0.39, 0.29) is 10.8 Å². The van der Waals surface area contributed by atoms with E-state index in [2.05, 4.69) is 14.6 Å². The van der Waals surface area contributed by atoms with Gasteiger partial charge in [0.05, 0.1) is 4.90 Å². The van der Waals surface area contributed by atoms with E-state index in [0.717, 1.165) is 31.1 Å². The zero-order valence-electron chi connectivity index (χ0n) is 12.5. The summed E-state index contributed by atoms with van der Waals surface area (Å²) in [7, 11) is -3.52. The Morgan fingerprint density at radius 2 is 2.30 bits per heavy atom. The maximum absolute atomic E-state index is 12.3. The van der Waals surface area contributed by atoms with Crippen molar-refractivity contribution in [3.05, 3.63) is 40.9 Å². The molecule has 0 radical (unpaired) electrons. The Kier molecular flexibility index (Phi) is 5.21. The zero-order valence-corrected chi connectivity index (χ0v) is 14.9. The van der Waals surface area contributed by atoms with E-state index in [9.17, 15) is 8.42 Å². The highest BCUT2D eigenvalue weighted by molar-refractivity contribution is 7.89. The van der Waals surface area contributed by atoms with Crippen LogP contribution in [-0.4, -0.2) is 33.0 Å². The Bertz CT molecular complexity index is 750. The van der Waals surface area contributed by atoms with E-state index in [1.54, 1.807) is 35.7 Å². The number of aromatic nitrogens is 1. The van der Waals surface area contributed by atoms with E-state index in [4.69, 9.17) is 11.6 Å². The molecule has 8 heteroatoms. The molecule has 3 rings (SSSR count). The van der Waals surface area contributed by atoms with E-state index < -0.39 is 10.0 Å². The number of thiazole rings is 1. The molecule has 1 aliphatic rings. The molecule has 1 saturated heterocycles. The third-order valence-corrected chi connectivity index (χ3v) is 6.37. The molecule has 2 heterocycles. The summed E-state index contributed by atoms with van der Waals surface area (Å²) in [5.41, 5.74) is 0. The highest BCUT2D eigenvalue weighted by atomic mass is 35.5. The maximum atomic E-state index is 12.3. The normalized spacial score (nSPS) is 19.0. The molecular weight excluding hydrogens is 354 g/mol. The molecule has 124 valence electrons. The van der Waals surface area contributed by atoms with Crippen molar-refractivity contribution in [1.82, 2.24) is 9.71 Å². The lowest BCUT2D eigenvalue weighted by Crippen LogP contribution is -2.41. The van der Waals surface area contributed by atoms with Gasteiger partial charge >= 0.3 is 0 Å². The molecule has 1 N–H and O–H groups in total. The van der Waals surface area contributed by atoms with Gasteiger partial charge in [0.15, 0.2) is 5.13 Å². The first-order valence-electron chi connectivity index (χ1n) is 7.44. The lowest BCUT2D eigenvalue weighted by molar-refractivity contribution is 0.410. The minimum Gasteiger partial charge on any atom is -0.348 e. The number of nitrogens with zero attached hydrogens (tertiary/aromatic N) is 2. The topological polar surface area (TPSA) is 62.3 Å². The lowest BCUT2D eigenvalue weighted by Gasteiger charge is -2.32. The SMILES string of the molecule is O=S(=O)(NCC1CCCN(c2nccs2)C1)c1cccc(Cl)c1. The third kappa shape index (κ3) is 4.23. The number of anilines is 1. The van der Waals surface area contributed by atoms with Crippen LogP contribution >= 0.6 is 22.9 Å². The fourth-order valence-corrected chi connectivity index (χ4v) is 4.82. The van der Waals surface area contributed by atoms with Gasteiger partial charge in [-0.2, -0.15) is 0 Å². The number of nitrogens with one attached hydrogen (secondary N) is 1. The van der Waals surface area contributed by atoms with Gasteiger partial charge in [-0.3, -0.25) is 0 Å². The molecule has 1 aromatic heterocycles. The van der Waals surface area contributed by atoms with Crippen LogP contribution in [0.5, 0.6) is 0 Å². The molecule has 1 unspecified atom stereocenters. The molecule has 5 nitrogen and oxygen atoms in total. The average Bonchev–Trinajstić information content (AvgIpc) is 3.08. The second kappa shape index (κ2) is 7.17. The molecule has 1 fully saturated rings. The third-order valence-electron chi connectivity index (χ3n) is 3.88. The van der Waals surface area contributed by atoms with Gasteiger partial charge < -0.3 is 4.90 Å². The van der Waals surface area contributed by atoms with Crippen molar-refractivity contribution in [3.63, 3.8) is 0 Å². The van der Waals surface area contributed by atoms with E-state index in [1.807, 2.05) is 5.38 Å². The van der Waals surface area contributed by atoms with Crippen LogP contribution in [0.1, 0.15) is 12.8 Å².